The number of carboxylic acid groups (broad SMARTS) is 1. The highest BCUT2D eigenvalue weighted by atomic mass is 19.1. The molecular formula is C9H10FNO2. The number of hydrogen-bond acceptors (Lipinski definition) is 2. The van der Waals surface area contributed by atoms with Crippen LogP contribution >= 0.6 is 0 Å². The first-order valence-corrected chi connectivity index (χ1v) is 3.93. The monoisotopic (exact) mass is 183 g/mol. The standard InChI is InChI=1S/C9H10FNO2/c1-6(5-8(12)13)7-3-2-4-11-9(7)10/h2-4,6H,5H2,1H3,(H,12,13). The van der Waals surface area contributed by atoms with Crippen molar-refractivity contribution in [1.82, 2.24) is 4.98 Å². The van der Waals surface area contributed by atoms with Crippen LogP contribution in [0.2, 0.25) is 0 Å². The van der Waals surface area contributed by atoms with E-state index in [2.05, 4.69) is 4.98 Å². The van der Waals surface area contributed by atoms with Gasteiger partial charge in [0.05, 0.1) is 6.42 Å². The third-order valence-electron chi connectivity index (χ3n) is 1.80. The Labute approximate surface area is 75.2 Å². The van der Waals surface area contributed by atoms with Crippen LogP contribution in [-0.2, 0) is 4.79 Å². The van der Waals surface area contributed by atoms with Gasteiger partial charge in [0.1, 0.15) is 0 Å². The van der Waals surface area contributed by atoms with Gasteiger partial charge >= 0.3 is 5.97 Å². The second kappa shape index (κ2) is 3.98. The Hall–Kier alpha value is -1.45. The van der Waals surface area contributed by atoms with Crippen LogP contribution in [0, 0.1) is 5.95 Å². The molecule has 0 aliphatic rings. The quantitative estimate of drug-likeness (QED) is 0.727. The smallest absolute Gasteiger partial charge is 0.303 e. The molecule has 70 valence electrons. The summed E-state index contributed by atoms with van der Waals surface area (Å²) in [6, 6.07) is 3.15. The molecule has 0 fully saturated rings. The average Bonchev–Trinajstić information content (AvgIpc) is 2.03. The van der Waals surface area contributed by atoms with Gasteiger partial charge in [0, 0.05) is 11.8 Å². The van der Waals surface area contributed by atoms with Gasteiger partial charge in [-0.3, -0.25) is 4.79 Å². The summed E-state index contributed by atoms with van der Waals surface area (Å²) in [5.74, 6) is -1.86. The van der Waals surface area contributed by atoms with Gasteiger partial charge in [-0.2, -0.15) is 4.39 Å². The fourth-order valence-electron chi connectivity index (χ4n) is 1.14. The summed E-state index contributed by atoms with van der Waals surface area (Å²) in [5.41, 5.74) is 0.352. The Balaban J connectivity index is 2.82. The van der Waals surface area contributed by atoms with E-state index < -0.39 is 11.9 Å². The molecule has 4 heteroatoms. The SMILES string of the molecule is CC(CC(=O)O)c1cccnc1F. The maximum atomic E-state index is 13.0. The van der Waals surface area contributed by atoms with Gasteiger partial charge in [0.15, 0.2) is 0 Å². The molecule has 1 aromatic heterocycles. The Morgan fingerprint density at radius 3 is 3.00 bits per heavy atom. The third kappa shape index (κ3) is 2.50. The van der Waals surface area contributed by atoms with Gasteiger partial charge in [-0.15, -0.1) is 0 Å². The molecule has 0 saturated heterocycles. The highest BCUT2D eigenvalue weighted by Gasteiger charge is 2.14. The number of carbonyl (C=O) groups is 1. The number of rotatable bonds is 3. The van der Waals surface area contributed by atoms with Crippen LogP contribution in [0.5, 0.6) is 0 Å². The summed E-state index contributed by atoms with van der Waals surface area (Å²) in [5, 5.41) is 8.49. The Morgan fingerprint density at radius 2 is 2.46 bits per heavy atom. The van der Waals surface area contributed by atoms with Crippen molar-refractivity contribution in [3.05, 3.63) is 29.8 Å². The molecule has 3 nitrogen and oxygen atoms in total. The van der Waals surface area contributed by atoms with Crippen LogP contribution in [-0.4, -0.2) is 16.1 Å². The van der Waals surface area contributed by atoms with Gasteiger partial charge in [0.25, 0.3) is 0 Å². The van der Waals surface area contributed by atoms with E-state index in [4.69, 9.17) is 5.11 Å². The first-order chi connectivity index (χ1) is 6.11. The summed E-state index contributed by atoms with van der Waals surface area (Å²) < 4.78 is 13.0. The molecule has 0 radical (unpaired) electrons. The molecule has 1 rings (SSSR count). The maximum Gasteiger partial charge on any atom is 0.303 e. The molecule has 0 amide bonds. The van der Waals surface area contributed by atoms with E-state index in [0.29, 0.717) is 5.56 Å². The lowest BCUT2D eigenvalue weighted by molar-refractivity contribution is -0.137. The number of pyridine rings is 1. The predicted octanol–water partition coefficient (Wildman–Crippen LogP) is 1.80. The van der Waals surface area contributed by atoms with E-state index in [-0.39, 0.29) is 12.3 Å². The van der Waals surface area contributed by atoms with E-state index in [1.807, 2.05) is 0 Å². The lowest BCUT2D eigenvalue weighted by atomic mass is 9.99. The van der Waals surface area contributed by atoms with Crippen molar-refractivity contribution >= 4 is 5.97 Å². The predicted molar refractivity (Wildman–Crippen MR) is 44.9 cm³/mol. The molecule has 0 aliphatic heterocycles. The lowest BCUT2D eigenvalue weighted by Gasteiger charge is -2.08. The number of nitrogens with zero attached hydrogens (tertiary/aromatic N) is 1. The minimum absolute atomic E-state index is 0.0807. The number of aromatic nitrogens is 1. The third-order valence-corrected chi connectivity index (χ3v) is 1.80. The van der Waals surface area contributed by atoms with Crippen LogP contribution in [0.4, 0.5) is 4.39 Å². The normalized spacial score (nSPS) is 12.5. The van der Waals surface area contributed by atoms with Crippen molar-refractivity contribution in [1.29, 1.82) is 0 Å². The number of hydrogen-bond donors (Lipinski definition) is 1. The molecule has 0 aromatic carbocycles. The molecule has 0 aliphatic carbocycles. The lowest BCUT2D eigenvalue weighted by Crippen LogP contribution is -2.05. The van der Waals surface area contributed by atoms with Crippen molar-refractivity contribution in [2.24, 2.45) is 0 Å². The summed E-state index contributed by atoms with van der Waals surface area (Å²) >= 11 is 0. The van der Waals surface area contributed by atoms with Crippen molar-refractivity contribution < 1.29 is 14.3 Å². The Kier molecular flexibility index (Phi) is 2.95. The van der Waals surface area contributed by atoms with Crippen molar-refractivity contribution in [2.75, 3.05) is 0 Å². The summed E-state index contributed by atoms with van der Waals surface area (Å²) in [6.45, 7) is 1.66. The number of aliphatic carboxylic acids is 1. The summed E-state index contributed by atoms with van der Waals surface area (Å²) in [4.78, 5) is 13.8. The van der Waals surface area contributed by atoms with E-state index in [9.17, 15) is 9.18 Å². The molecule has 1 unspecified atom stereocenters. The van der Waals surface area contributed by atoms with Crippen molar-refractivity contribution in [2.45, 2.75) is 19.3 Å². The van der Waals surface area contributed by atoms with E-state index in [1.54, 1.807) is 19.1 Å². The van der Waals surface area contributed by atoms with Gasteiger partial charge in [-0.25, -0.2) is 4.98 Å². The molecule has 1 atom stereocenters. The van der Waals surface area contributed by atoms with E-state index in [1.165, 1.54) is 6.20 Å². The molecule has 1 heterocycles. The average molecular weight is 183 g/mol. The van der Waals surface area contributed by atoms with Crippen LogP contribution in [0.15, 0.2) is 18.3 Å². The van der Waals surface area contributed by atoms with E-state index >= 15 is 0 Å². The Bertz CT molecular complexity index is 314. The molecular weight excluding hydrogens is 173 g/mol. The largest absolute Gasteiger partial charge is 0.481 e. The van der Waals surface area contributed by atoms with Crippen LogP contribution in [0.25, 0.3) is 0 Å². The fraction of sp³-hybridized carbons (Fsp3) is 0.333. The molecule has 13 heavy (non-hydrogen) atoms. The zero-order valence-corrected chi connectivity index (χ0v) is 7.20. The second-order valence-corrected chi connectivity index (χ2v) is 2.88. The van der Waals surface area contributed by atoms with Crippen molar-refractivity contribution in [3.8, 4) is 0 Å². The second-order valence-electron chi connectivity index (χ2n) is 2.88. The van der Waals surface area contributed by atoms with Gasteiger partial charge in [-0.05, 0) is 12.0 Å². The summed E-state index contributed by atoms with van der Waals surface area (Å²) in [7, 11) is 0. The van der Waals surface area contributed by atoms with Gasteiger partial charge in [-0.1, -0.05) is 13.0 Å². The van der Waals surface area contributed by atoms with Crippen LogP contribution in [0.1, 0.15) is 24.8 Å². The van der Waals surface area contributed by atoms with E-state index in [0.717, 1.165) is 0 Å². The zero-order chi connectivity index (χ0) is 9.84. The molecule has 0 spiro atoms. The highest BCUT2D eigenvalue weighted by molar-refractivity contribution is 5.67. The molecule has 1 aromatic rings. The van der Waals surface area contributed by atoms with Crippen molar-refractivity contribution in [3.63, 3.8) is 0 Å². The number of halogens is 1. The maximum absolute atomic E-state index is 13.0. The molecule has 1 N–H and O–H groups in total. The number of carboxylic acids is 1. The highest BCUT2D eigenvalue weighted by Crippen LogP contribution is 2.19. The topological polar surface area (TPSA) is 50.2 Å². The van der Waals surface area contributed by atoms with Gasteiger partial charge < -0.3 is 5.11 Å². The molecule has 0 bridgehead atoms. The summed E-state index contributed by atoms with van der Waals surface area (Å²) in [6.07, 6.45) is 1.26. The van der Waals surface area contributed by atoms with Crippen LogP contribution < -0.4 is 0 Å². The minimum atomic E-state index is -0.934. The zero-order valence-electron chi connectivity index (χ0n) is 7.20. The fourth-order valence-corrected chi connectivity index (χ4v) is 1.14. The van der Waals surface area contributed by atoms with Crippen LogP contribution in [0.3, 0.4) is 0 Å². The Morgan fingerprint density at radius 1 is 1.77 bits per heavy atom. The first kappa shape index (κ1) is 9.64. The first-order valence-electron chi connectivity index (χ1n) is 3.93. The minimum Gasteiger partial charge on any atom is -0.481 e. The molecule has 0 saturated carbocycles. The van der Waals surface area contributed by atoms with Gasteiger partial charge in [0.2, 0.25) is 5.95 Å².